The van der Waals surface area contributed by atoms with Gasteiger partial charge in [-0.05, 0) is 36.9 Å². The lowest BCUT2D eigenvalue weighted by molar-refractivity contribution is 0.129. The zero-order chi connectivity index (χ0) is 13.5. The van der Waals surface area contributed by atoms with E-state index in [-0.39, 0.29) is 0 Å². The van der Waals surface area contributed by atoms with Gasteiger partial charge in [0.15, 0.2) is 0 Å². The second-order valence-electron chi connectivity index (χ2n) is 5.58. The van der Waals surface area contributed by atoms with Crippen LogP contribution in [-0.2, 0) is 11.3 Å². The smallest absolute Gasteiger partial charge is 0.0669 e. The lowest BCUT2D eigenvalue weighted by Gasteiger charge is -2.13. The van der Waals surface area contributed by atoms with Gasteiger partial charge in [-0.15, -0.1) is 11.8 Å². The molecule has 0 aromatic heterocycles. The van der Waals surface area contributed by atoms with Gasteiger partial charge >= 0.3 is 0 Å². The number of ether oxygens (including phenoxy) is 1. The molecule has 1 unspecified atom stereocenters. The van der Waals surface area contributed by atoms with Crippen molar-refractivity contribution in [1.29, 1.82) is 0 Å². The first-order chi connectivity index (χ1) is 9.25. The van der Waals surface area contributed by atoms with Gasteiger partial charge < -0.3 is 10.1 Å². The first kappa shape index (κ1) is 14.9. The third-order valence-corrected chi connectivity index (χ3v) is 4.54. The van der Waals surface area contributed by atoms with Crippen LogP contribution in [0.5, 0.6) is 0 Å². The summed E-state index contributed by atoms with van der Waals surface area (Å²) in [6, 6.07) is 8.71. The third kappa shape index (κ3) is 5.17. The minimum Gasteiger partial charge on any atom is -0.377 e. The summed E-state index contributed by atoms with van der Waals surface area (Å²) in [5.41, 5.74) is 1.41. The minimum atomic E-state index is 0.460. The van der Waals surface area contributed by atoms with E-state index in [1.165, 1.54) is 23.3 Å². The summed E-state index contributed by atoms with van der Waals surface area (Å²) in [6.45, 7) is 7.47. The van der Waals surface area contributed by atoms with Crippen LogP contribution >= 0.6 is 11.8 Å². The number of hydrogen-bond acceptors (Lipinski definition) is 3. The summed E-state index contributed by atoms with van der Waals surface area (Å²) in [4.78, 5) is 1.40. The van der Waals surface area contributed by atoms with E-state index in [1.54, 1.807) is 0 Å². The van der Waals surface area contributed by atoms with E-state index < -0.39 is 0 Å². The molecule has 1 fully saturated rings. The molecule has 1 atom stereocenters. The molecule has 0 aliphatic carbocycles. The molecule has 0 saturated carbocycles. The monoisotopic (exact) mass is 279 g/mol. The van der Waals surface area contributed by atoms with Gasteiger partial charge in [-0.1, -0.05) is 32.0 Å². The van der Waals surface area contributed by atoms with Gasteiger partial charge in [-0.2, -0.15) is 0 Å². The molecule has 2 rings (SSSR count). The van der Waals surface area contributed by atoms with Crippen molar-refractivity contribution in [2.75, 3.05) is 18.9 Å². The van der Waals surface area contributed by atoms with Crippen molar-refractivity contribution >= 4 is 11.8 Å². The van der Waals surface area contributed by atoms with Crippen LogP contribution in [0.4, 0.5) is 0 Å². The molecule has 19 heavy (non-hydrogen) atoms. The second-order valence-corrected chi connectivity index (χ2v) is 6.64. The van der Waals surface area contributed by atoms with E-state index in [9.17, 15) is 0 Å². The molecule has 1 aliphatic heterocycles. The van der Waals surface area contributed by atoms with Crippen LogP contribution in [-0.4, -0.2) is 25.0 Å². The van der Waals surface area contributed by atoms with E-state index in [1.807, 2.05) is 11.8 Å². The Morgan fingerprint density at radius 1 is 1.37 bits per heavy atom. The van der Waals surface area contributed by atoms with E-state index in [0.29, 0.717) is 12.0 Å². The molecule has 0 radical (unpaired) electrons. The van der Waals surface area contributed by atoms with Crippen molar-refractivity contribution in [3.05, 3.63) is 29.8 Å². The van der Waals surface area contributed by atoms with Crippen LogP contribution < -0.4 is 5.32 Å². The molecule has 1 N–H and O–H groups in total. The van der Waals surface area contributed by atoms with E-state index in [0.717, 1.165) is 25.4 Å². The Balaban J connectivity index is 1.84. The lowest BCUT2D eigenvalue weighted by atomic mass is 10.2. The fourth-order valence-electron chi connectivity index (χ4n) is 2.24. The lowest BCUT2D eigenvalue weighted by Crippen LogP contribution is -2.19. The number of rotatable bonds is 7. The van der Waals surface area contributed by atoms with E-state index >= 15 is 0 Å². The predicted molar refractivity (Wildman–Crippen MR) is 82.7 cm³/mol. The predicted octanol–water partition coefficient (Wildman–Crippen LogP) is 3.70. The summed E-state index contributed by atoms with van der Waals surface area (Å²) >= 11 is 1.94. The maximum Gasteiger partial charge on any atom is 0.0669 e. The van der Waals surface area contributed by atoms with Gasteiger partial charge in [0, 0.05) is 23.8 Å². The maximum atomic E-state index is 5.69. The Hall–Kier alpha value is -0.510. The maximum absolute atomic E-state index is 5.69. The molecule has 3 heteroatoms. The topological polar surface area (TPSA) is 21.3 Å². The van der Waals surface area contributed by atoms with Crippen molar-refractivity contribution < 1.29 is 4.74 Å². The van der Waals surface area contributed by atoms with Gasteiger partial charge in [0.1, 0.15) is 0 Å². The summed E-state index contributed by atoms with van der Waals surface area (Å²) in [5, 5.41) is 3.52. The molecule has 1 aliphatic rings. The van der Waals surface area contributed by atoms with E-state index in [2.05, 4.69) is 43.4 Å². The first-order valence-corrected chi connectivity index (χ1v) is 8.27. The SMILES string of the molecule is CC(C)CNCc1ccccc1SCC1CCCO1. The molecule has 1 aromatic carbocycles. The highest BCUT2D eigenvalue weighted by Gasteiger charge is 2.16. The van der Waals surface area contributed by atoms with Crippen LogP contribution in [0.1, 0.15) is 32.3 Å². The molecule has 106 valence electrons. The second kappa shape index (κ2) is 7.93. The van der Waals surface area contributed by atoms with Gasteiger partial charge in [-0.25, -0.2) is 0 Å². The van der Waals surface area contributed by atoms with Gasteiger partial charge in [0.25, 0.3) is 0 Å². The van der Waals surface area contributed by atoms with Crippen molar-refractivity contribution in [3.63, 3.8) is 0 Å². The molecule has 0 bridgehead atoms. The van der Waals surface area contributed by atoms with Crippen LogP contribution in [0.15, 0.2) is 29.2 Å². The third-order valence-electron chi connectivity index (χ3n) is 3.29. The van der Waals surface area contributed by atoms with Crippen molar-refractivity contribution in [2.45, 2.75) is 44.2 Å². The molecular formula is C16H25NOS. The Kier molecular flexibility index (Phi) is 6.21. The van der Waals surface area contributed by atoms with Gasteiger partial charge in [0.2, 0.25) is 0 Å². The molecule has 1 aromatic rings. The first-order valence-electron chi connectivity index (χ1n) is 7.28. The Labute approximate surface area is 121 Å². The fraction of sp³-hybridized carbons (Fsp3) is 0.625. The minimum absolute atomic E-state index is 0.460. The van der Waals surface area contributed by atoms with Crippen LogP contribution in [0, 0.1) is 5.92 Å². The fourth-order valence-corrected chi connectivity index (χ4v) is 3.37. The molecule has 2 nitrogen and oxygen atoms in total. The zero-order valence-electron chi connectivity index (χ0n) is 12.0. The summed E-state index contributed by atoms with van der Waals surface area (Å²) < 4.78 is 5.69. The Morgan fingerprint density at radius 2 is 2.21 bits per heavy atom. The van der Waals surface area contributed by atoms with Crippen LogP contribution in [0.3, 0.4) is 0 Å². The van der Waals surface area contributed by atoms with Crippen LogP contribution in [0.2, 0.25) is 0 Å². The van der Waals surface area contributed by atoms with Crippen molar-refractivity contribution in [1.82, 2.24) is 5.32 Å². The molecule has 0 spiro atoms. The average molecular weight is 279 g/mol. The van der Waals surface area contributed by atoms with Crippen molar-refractivity contribution in [2.24, 2.45) is 5.92 Å². The molecule has 0 amide bonds. The quantitative estimate of drug-likeness (QED) is 0.769. The largest absolute Gasteiger partial charge is 0.377 e. The van der Waals surface area contributed by atoms with Crippen molar-refractivity contribution in [3.8, 4) is 0 Å². The number of hydrogen-bond donors (Lipinski definition) is 1. The zero-order valence-corrected chi connectivity index (χ0v) is 12.8. The summed E-state index contributed by atoms with van der Waals surface area (Å²) in [7, 11) is 0. The van der Waals surface area contributed by atoms with Gasteiger partial charge in [0.05, 0.1) is 6.10 Å². The molecule has 1 saturated heterocycles. The highest BCUT2D eigenvalue weighted by atomic mass is 32.2. The van der Waals surface area contributed by atoms with E-state index in [4.69, 9.17) is 4.74 Å². The highest BCUT2D eigenvalue weighted by Crippen LogP contribution is 2.26. The number of thioether (sulfide) groups is 1. The molecular weight excluding hydrogens is 254 g/mol. The Morgan fingerprint density at radius 3 is 2.95 bits per heavy atom. The standard InChI is InChI=1S/C16H25NOS/c1-13(2)10-17-11-14-6-3-4-8-16(14)19-12-15-7-5-9-18-15/h3-4,6,8,13,15,17H,5,7,9-12H2,1-2H3. The number of nitrogens with one attached hydrogen (secondary N) is 1. The molecule has 1 heterocycles. The Bertz CT molecular complexity index is 375. The normalized spacial score (nSPS) is 19.2. The summed E-state index contributed by atoms with van der Waals surface area (Å²) in [5.74, 6) is 1.79. The average Bonchev–Trinajstić information content (AvgIpc) is 2.90. The van der Waals surface area contributed by atoms with Gasteiger partial charge in [-0.3, -0.25) is 0 Å². The summed E-state index contributed by atoms with van der Waals surface area (Å²) in [6.07, 6.45) is 2.91. The number of benzene rings is 1. The highest BCUT2D eigenvalue weighted by molar-refractivity contribution is 7.99. The van der Waals surface area contributed by atoms with Crippen LogP contribution in [0.25, 0.3) is 0 Å².